The van der Waals surface area contributed by atoms with Gasteiger partial charge >= 0.3 is 5.97 Å². The number of piperidine rings is 1. The second kappa shape index (κ2) is 8.28. The molecule has 1 rings (SSSR count). The fraction of sp³-hybridized carbons (Fsp3) is 0.643. The van der Waals surface area contributed by atoms with Crippen molar-refractivity contribution in [2.45, 2.75) is 38.6 Å². The van der Waals surface area contributed by atoms with Gasteiger partial charge in [0.15, 0.2) is 0 Å². The van der Waals surface area contributed by atoms with E-state index in [1.807, 2.05) is 0 Å². The first kappa shape index (κ1) is 17.0. The van der Waals surface area contributed by atoms with E-state index in [9.17, 15) is 14.4 Å². The number of hydrogen-bond acceptors (Lipinski definition) is 6. The molecule has 1 fully saturated rings. The molecule has 1 saturated heterocycles. The van der Waals surface area contributed by atoms with Crippen molar-refractivity contribution in [1.29, 1.82) is 0 Å². The van der Waals surface area contributed by atoms with Crippen molar-refractivity contribution in [1.82, 2.24) is 4.90 Å². The monoisotopic (exact) mass is 295 g/mol. The third kappa shape index (κ3) is 4.47. The summed E-state index contributed by atoms with van der Waals surface area (Å²) in [6.45, 7) is 1.86. The molecular formula is C14H21N3O4. The quantitative estimate of drug-likeness (QED) is 0.408. The van der Waals surface area contributed by atoms with E-state index in [2.05, 4.69) is 9.98 Å². The van der Waals surface area contributed by atoms with Crippen molar-refractivity contribution in [2.24, 2.45) is 9.98 Å². The van der Waals surface area contributed by atoms with Crippen LogP contribution in [-0.2, 0) is 19.1 Å². The number of nitrogens with zero attached hydrogens (tertiary/aromatic N) is 3. The molecule has 0 N–H and O–H groups in total. The molecule has 1 atom stereocenters. The zero-order chi connectivity index (χ0) is 15.8. The van der Waals surface area contributed by atoms with Crippen LogP contribution in [0.5, 0.6) is 0 Å². The lowest BCUT2D eigenvalue weighted by Crippen LogP contribution is -2.52. The van der Waals surface area contributed by atoms with E-state index in [0.29, 0.717) is 12.1 Å². The summed E-state index contributed by atoms with van der Waals surface area (Å²) in [5.74, 6) is -1.27. The van der Waals surface area contributed by atoms with Gasteiger partial charge in [0.1, 0.15) is 6.04 Å². The first-order valence-corrected chi connectivity index (χ1v) is 6.94. The lowest BCUT2D eigenvalue weighted by atomic mass is 10.0. The minimum Gasteiger partial charge on any atom is -0.464 e. The molecule has 0 bridgehead atoms. The molecule has 0 saturated carbocycles. The summed E-state index contributed by atoms with van der Waals surface area (Å²) in [6.07, 6.45) is 2.67. The van der Waals surface area contributed by atoms with Gasteiger partial charge in [-0.15, -0.1) is 0 Å². The first-order valence-electron chi connectivity index (χ1n) is 6.94. The molecule has 2 amide bonds. The van der Waals surface area contributed by atoms with Gasteiger partial charge in [-0.05, 0) is 13.3 Å². The van der Waals surface area contributed by atoms with Crippen molar-refractivity contribution in [3.05, 3.63) is 0 Å². The van der Waals surface area contributed by atoms with Crippen molar-refractivity contribution in [3.63, 3.8) is 0 Å². The smallest absolute Gasteiger partial charge is 0.329 e. The summed E-state index contributed by atoms with van der Waals surface area (Å²) in [5, 5.41) is 0. The van der Waals surface area contributed by atoms with Gasteiger partial charge in [-0.2, -0.15) is 0 Å². The minimum atomic E-state index is -0.970. The number of aliphatic imine (C=N–C) groups is 2. The van der Waals surface area contributed by atoms with Gasteiger partial charge < -0.3 is 4.74 Å². The third-order valence-corrected chi connectivity index (χ3v) is 3.16. The lowest BCUT2D eigenvalue weighted by molar-refractivity contribution is -0.162. The maximum atomic E-state index is 12.1. The van der Waals surface area contributed by atoms with E-state index in [0.717, 1.165) is 4.90 Å². The molecule has 0 aromatic heterocycles. The summed E-state index contributed by atoms with van der Waals surface area (Å²) in [6, 6.07) is -0.970. The molecule has 1 aliphatic heterocycles. The van der Waals surface area contributed by atoms with E-state index in [4.69, 9.17) is 4.74 Å². The van der Waals surface area contributed by atoms with Gasteiger partial charge in [-0.1, -0.05) is 0 Å². The van der Waals surface area contributed by atoms with E-state index in [-0.39, 0.29) is 37.7 Å². The highest BCUT2D eigenvalue weighted by Crippen LogP contribution is 2.18. The Morgan fingerprint density at radius 3 is 2.43 bits per heavy atom. The Balaban J connectivity index is 3.03. The van der Waals surface area contributed by atoms with Gasteiger partial charge in [0.25, 0.3) is 0 Å². The summed E-state index contributed by atoms with van der Waals surface area (Å²) in [7, 11) is 3.15. The molecule has 0 aliphatic carbocycles. The lowest BCUT2D eigenvalue weighted by Gasteiger charge is -2.31. The number of esters is 1. The van der Waals surface area contributed by atoms with Gasteiger partial charge in [0, 0.05) is 39.6 Å². The SMILES string of the molecule is CCOC(=O)C(CC(C=NC)=NC)N1C(=O)CCCC1=O. The van der Waals surface area contributed by atoms with Crippen LogP contribution in [0.3, 0.4) is 0 Å². The van der Waals surface area contributed by atoms with E-state index in [1.165, 1.54) is 6.21 Å². The highest BCUT2D eigenvalue weighted by atomic mass is 16.5. The Kier molecular flexibility index (Phi) is 6.71. The third-order valence-electron chi connectivity index (χ3n) is 3.16. The van der Waals surface area contributed by atoms with Crippen molar-refractivity contribution < 1.29 is 19.1 Å². The van der Waals surface area contributed by atoms with E-state index in [1.54, 1.807) is 21.0 Å². The molecule has 1 unspecified atom stereocenters. The topological polar surface area (TPSA) is 88.4 Å². The fourth-order valence-electron chi connectivity index (χ4n) is 2.19. The minimum absolute atomic E-state index is 0.115. The molecule has 0 aromatic carbocycles. The van der Waals surface area contributed by atoms with Crippen LogP contribution >= 0.6 is 0 Å². The van der Waals surface area contributed by atoms with Gasteiger partial charge in [-0.3, -0.25) is 24.5 Å². The number of hydrogen-bond donors (Lipinski definition) is 0. The number of rotatable bonds is 6. The number of imide groups is 1. The summed E-state index contributed by atoms with van der Waals surface area (Å²) >= 11 is 0. The molecule has 1 heterocycles. The highest BCUT2D eigenvalue weighted by Gasteiger charge is 2.38. The Morgan fingerprint density at radius 1 is 1.33 bits per heavy atom. The number of ether oxygens (including phenoxy) is 1. The van der Waals surface area contributed by atoms with Crippen molar-refractivity contribution in [2.75, 3.05) is 20.7 Å². The van der Waals surface area contributed by atoms with Crippen LogP contribution in [-0.4, -0.2) is 61.4 Å². The van der Waals surface area contributed by atoms with Crippen LogP contribution < -0.4 is 0 Å². The van der Waals surface area contributed by atoms with E-state index >= 15 is 0 Å². The fourth-order valence-corrected chi connectivity index (χ4v) is 2.19. The second-order valence-electron chi connectivity index (χ2n) is 4.59. The zero-order valence-corrected chi connectivity index (χ0v) is 12.7. The zero-order valence-electron chi connectivity index (χ0n) is 12.7. The Hall–Kier alpha value is -2.05. The molecule has 1 aliphatic rings. The number of likely N-dealkylation sites (tertiary alicyclic amines) is 1. The van der Waals surface area contributed by atoms with Gasteiger partial charge in [-0.25, -0.2) is 4.79 Å². The Morgan fingerprint density at radius 2 is 1.95 bits per heavy atom. The molecular weight excluding hydrogens is 274 g/mol. The molecule has 7 heteroatoms. The van der Waals surface area contributed by atoms with Crippen LogP contribution in [0.2, 0.25) is 0 Å². The van der Waals surface area contributed by atoms with Gasteiger partial charge in [0.05, 0.1) is 12.3 Å². The summed E-state index contributed by atoms with van der Waals surface area (Å²) in [5.41, 5.74) is 0.529. The largest absolute Gasteiger partial charge is 0.464 e. The van der Waals surface area contributed by atoms with Crippen LogP contribution in [0, 0.1) is 0 Å². The molecule has 7 nitrogen and oxygen atoms in total. The maximum absolute atomic E-state index is 12.1. The van der Waals surface area contributed by atoms with Crippen molar-refractivity contribution >= 4 is 29.7 Å². The second-order valence-corrected chi connectivity index (χ2v) is 4.59. The van der Waals surface area contributed by atoms with E-state index < -0.39 is 12.0 Å². The normalized spacial score (nSPS) is 18.2. The molecule has 0 radical (unpaired) electrons. The molecule has 0 aromatic rings. The molecule has 0 spiro atoms. The predicted octanol–water partition coefficient (Wildman–Crippen LogP) is 0.619. The van der Waals surface area contributed by atoms with Gasteiger partial charge in [0.2, 0.25) is 11.8 Å². The highest BCUT2D eigenvalue weighted by molar-refractivity contribution is 6.31. The predicted molar refractivity (Wildman–Crippen MR) is 78.5 cm³/mol. The number of carbonyl (C=O) groups is 3. The molecule has 116 valence electrons. The first-order chi connectivity index (χ1) is 10.0. The number of amides is 2. The van der Waals surface area contributed by atoms with Crippen LogP contribution in [0.25, 0.3) is 0 Å². The van der Waals surface area contributed by atoms with Crippen LogP contribution in [0.15, 0.2) is 9.98 Å². The van der Waals surface area contributed by atoms with Crippen molar-refractivity contribution in [3.8, 4) is 0 Å². The average Bonchev–Trinajstić information content (AvgIpc) is 2.45. The summed E-state index contributed by atoms with van der Waals surface area (Å²) < 4.78 is 4.99. The summed E-state index contributed by atoms with van der Waals surface area (Å²) in [4.78, 5) is 45.0. The molecule has 21 heavy (non-hydrogen) atoms. The van der Waals surface area contributed by atoms with Crippen LogP contribution in [0.1, 0.15) is 32.6 Å². The average molecular weight is 295 g/mol. The standard InChI is InChI=1S/C14H21N3O4/c1-4-21-14(20)11(8-10(16-3)9-15-2)17-12(18)6-5-7-13(17)19/h9,11H,4-8H2,1-3H3. The Bertz CT molecular complexity index is 455. The number of carbonyl (C=O) groups excluding carboxylic acids is 3. The Labute approximate surface area is 124 Å². The van der Waals surface area contributed by atoms with Crippen LogP contribution in [0.4, 0.5) is 0 Å². The maximum Gasteiger partial charge on any atom is 0.329 e.